The van der Waals surface area contributed by atoms with Gasteiger partial charge in [-0.2, -0.15) is 0 Å². The molecule has 0 spiro atoms. The molecule has 0 unspecified atom stereocenters. The van der Waals surface area contributed by atoms with Gasteiger partial charge in [0.05, 0.1) is 5.56 Å². The van der Waals surface area contributed by atoms with Crippen LogP contribution in [0, 0.1) is 0 Å². The molecule has 0 saturated heterocycles. The van der Waals surface area contributed by atoms with Crippen LogP contribution >= 0.6 is 0 Å². The molecule has 0 atom stereocenters. The van der Waals surface area contributed by atoms with Crippen molar-refractivity contribution in [1.29, 1.82) is 0 Å². The molecule has 0 aliphatic carbocycles. The molecule has 2 aromatic carbocycles. The summed E-state index contributed by atoms with van der Waals surface area (Å²) in [4.78, 5) is 12.1. The minimum Gasteiger partial charge on any atom is -0.457 e. The second-order valence-corrected chi connectivity index (χ2v) is 4.48. The van der Waals surface area contributed by atoms with Gasteiger partial charge in [-0.25, -0.2) is 4.79 Å². The molecule has 0 bridgehead atoms. The third-order valence-corrected chi connectivity index (χ3v) is 3.40. The van der Waals surface area contributed by atoms with E-state index in [4.69, 9.17) is 14.2 Å². The molecule has 4 nitrogen and oxygen atoms in total. The lowest BCUT2D eigenvalue weighted by Crippen LogP contribution is -2.03. The molecule has 0 radical (unpaired) electrons. The maximum Gasteiger partial charge on any atom is 0.339 e. The van der Waals surface area contributed by atoms with Crippen LogP contribution in [-0.4, -0.2) is 12.8 Å². The van der Waals surface area contributed by atoms with Crippen LogP contribution in [0.5, 0.6) is 11.5 Å². The van der Waals surface area contributed by atoms with E-state index in [1.54, 1.807) is 6.07 Å². The van der Waals surface area contributed by atoms with Crippen molar-refractivity contribution in [3.63, 3.8) is 0 Å². The van der Waals surface area contributed by atoms with Gasteiger partial charge in [0.2, 0.25) is 6.79 Å². The highest BCUT2D eigenvalue weighted by Crippen LogP contribution is 2.41. The topological polar surface area (TPSA) is 44.8 Å². The number of cyclic esters (lactones) is 1. The Morgan fingerprint density at radius 3 is 2.42 bits per heavy atom. The number of carbonyl (C=O) groups is 1. The van der Waals surface area contributed by atoms with Crippen LogP contribution in [0.1, 0.15) is 15.9 Å². The molecule has 4 rings (SSSR count). The number of hydrogen-bond donors (Lipinski definition) is 0. The van der Waals surface area contributed by atoms with E-state index in [0.717, 1.165) is 16.7 Å². The normalized spacial score (nSPS) is 15.3. The smallest absolute Gasteiger partial charge is 0.339 e. The maximum absolute atomic E-state index is 12.1. The minimum absolute atomic E-state index is 0.189. The van der Waals surface area contributed by atoms with Crippen molar-refractivity contribution in [2.75, 3.05) is 6.79 Å². The molecule has 19 heavy (non-hydrogen) atoms. The van der Waals surface area contributed by atoms with E-state index >= 15 is 0 Å². The maximum atomic E-state index is 12.1. The fraction of sp³-hybridized carbons (Fsp3) is 0.133. The number of ether oxygens (including phenoxy) is 3. The quantitative estimate of drug-likeness (QED) is 0.678. The Hall–Kier alpha value is -2.49. The standard InChI is InChI=1S/C15H10O4/c16-15-12-6-14-13(18-8-19-14)5-11(12)10-4-2-1-3-9(10)7-17-15/h1-6H,7-8H2. The van der Waals surface area contributed by atoms with Gasteiger partial charge in [0.15, 0.2) is 11.5 Å². The first-order valence-corrected chi connectivity index (χ1v) is 6.02. The monoisotopic (exact) mass is 254 g/mol. The molecule has 94 valence electrons. The third-order valence-electron chi connectivity index (χ3n) is 3.40. The van der Waals surface area contributed by atoms with E-state index in [2.05, 4.69) is 0 Å². The van der Waals surface area contributed by atoms with Crippen LogP contribution in [-0.2, 0) is 11.3 Å². The van der Waals surface area contributed by atoms with E-state index < -0.39 is 0 Å². The summed E-state index contributed by atoms with van der Waals surface area (Å²) < 4.78 is 16.0. The molecular weight excluding hydrogens is 244 g/mol. The van der Waals surface area contributed by atoms with Gasteiger partial charge in [0.25, 0.3) is 0 Å². The van der Waals surface area contributed by atoms with Crippen molar-refractivity contribution in [3.05, 3.63) is 47.5 Å². The Bertz CT molecular complexity index is 691. The molecule has 4 heteroatoms. The van der Waals surface area contributed by atoms with Crippen LogP contribution in [0.4, 0.5) is 0 Å². The van der Waals surface area contributed by atoms with Gasteiger partial charge in [-0.05, 0) is 23.3 Å². The summed E-state index contributed by atoms with van der Waals surface area (Å²) in [5.74, 6) is 0.933. The van der Waals surface area contributed by atoms with Crippen molar-refractivity contribution in [1.82, 2.24) is 0 Å². The zero-order valence-corrected chi connectivity index (χ0v) is 10.0. The SMILES string of the molecule is O=C1OCc2ccccc2-c2cc3c(cc21)OCO3. The van der Waals surface area contributed by atoms with Crippen LogP contribution in [0.2, 0.25) is 0 Å². The summed E-state index contributed by atoms with van der Waals surface area (Å²) in [5.41, 5.74) is 3.35. The van der Waals surface area contributed by atoms with E-state index in [1.165, 1.54) is 0 Å². The minimum atomic E-state index is -0.329. The van der Waals surface area contributed by atoms with E-state index in [-0.39, 0.29) is 19.4 Å². The lowest BCUT2D eigenvalue weighted by molar-refractivity contribution is 0.0478. The second-order valence-electron chi connectivity index (χ2n) is 4.48. The average Bonchev–Trinajstić information content (AvgIpc) is 2.85. The van der Waals surface area contributed by atoms with Gasteiger partial charge in [-0.1, -0.05) is 24.3 Å². The molecule has 0 amide bonds. The van der Waals surface area contributed by atoms with Crippen molar-refractivity contribution in [2.24, 2.45) is 0 Å². The van der Waals surface area contributed by atoms with Gasteiger partial charge < -0.3 is 14.2 Å². The van der Waals surface area contributed by atoms with Crippen molar-refractivity contribution in [3.8, 4) is 22.6 Å². The molecule has 0 aromatic heterocycles. The van der Waals surface area contributed by atoms with E-state index in [9.17, 15) is 4.79 Å². The molecule has 2 aromatic rings. The number of rotatable bonds is 0. The van der Waals surface area contributed by atoms with E-state index in [0.29, 0.717) is 17.1 Å². The highest BCUT2D eigenvalue weighted by Gasteiger charge is 2.26. The van der Waals surface area contributed by atoms with Crippen LogP contribution in [0.3, 0.4) is 0 Å². The molecular formula is C15H10O4. The van der Waals surface area contributed by atoms with Crippen LogP contribution in [0.15, 0.2) is 36.4 Å². The van der Waals surface area contributed by atoms with Crippen LogP contribution in [0.25, 0.3) is 11.1 Å². The molecule has 0 N–H and O–H groups in total. The molecule has 2 aliphatic rings. The highest BCUT2D eigenvalue weighted by molar-refractivity contribution is 6.00. The number of hydrogen-bond acceptors (Lipinski definition) is 4. The number of carbonyl (C=O) groups excluding carboxylic acids is 1. The Balaban J connectivity index is 2.02. The molecule has 2 heterocycles. The predicted molar refractivity (Wildman–Crippen MR) is 67.1 cm³/mol. The third kappa shape index (κ3) is 1.50. The lowest BCUT2D eigenvalue weighted by Gasteiger charge is -2.07. The summed E-state index contributed by atoms with van der Waals surface area (Å²) >= 11 is 0. The lowest BCUT2D eigenvalue weighted by atomic mass is 9.96. The Kier molecular flexibility index (Phi) is 2.06. The fourth-order valence-corrected chi connectivity index (χ4v) is 2.46. The van der Waals surface area contributed by atoms with Crippen LogP contribution < -0.4 is 9.47 Å². The van der Waals surface area contributed by atoms with Gasteiger partial charge in [-0.15, -0.1) is 0 Å². The van der Waals surface area contributed by atoms with Crippen molar-refractivity contribution >= 4 is 5.97 Å². The molecule has 0 fully saturated rings. The Labute approximate surface area is 109 Å². The largest absolute Gasteiger partial charge is 0.457 e. The van der Waals surface area contributed by atoms with Crippen molar-refractivity contribution < 1.29 is 19.0 Å². The summed E-state index contributed by atoms with van der Waals surface area (Å²) in [6, 6.07) is 11.4. The number of fused-ring (bicyclic) bond motifs is 4. The van der Waals surface area contributed by atoms with Gasteiger partial charge in [0, 0.05) is 5.56 Å². The summed E-state index contributed by atoms with van der Waals surface area (Å²) in [7, 11) is 0. The summed E-state index contributed by atoms with van der Waals surface area (Å²) in [6.07, 6.45) is 0. The highest BCUT2D eigenvalue weighted by atomic mass is 16.7. The number of esters is 1. The van der Waals surface area contributed by atoms with Crippen molar-refractivity contribution in [2.45, 2.75) is 6.61 Å². The molecule has 2 aliphatic heterocycles. The van der Waals surface area contributed by atoms with Gasteiger partial charge in [-0.3, -0.25) is 0 Å². The van der Waals surface area contributed by atoms with Gasteiger partial charge in [0.1, 0.15) is 6.61 Å². The zero-order valence-electron chi connectivity index (χ0n) is 10.0. The first-order chi connectivity index (χ1) is 9.33. The average molecular weight is 254 g/mol. The zero-order chi connectivity index (χ0) is 12.8. The molecule has 0 saturated carbocycles. The first kappa shape index (κ1) is 10.4. The summed E-state index contributed by atoms with van der Waals surface area (Å²) in [6.45, 7) is 0.477. The van der Waals surface area contributed by atoms with Gasteiger partial charge >= 0.3 is 5.97 Å². The van der Waals surface area contributed by atoms with E-state index in [1.807, 2.05) is 30.3 Å². The summed E-state index contributed by atoms with van der Waals surface area (Å²) in [5, 5.41) is 0. The number of benzene rings is 2. The predicted octanol–water partition coefficient (Wildman–Crippen LogP) is 2.75. The Morgan fingerprint density at radius 1 is 0.842 bits per heavy atom. The Morgan fingerprint density at radius 2 is 1.58 bits per heavy atom. The first-order valence-electron chi connectivity index (χ1n) is 6.02. The second kappa shape index (κ2) is 3.75. The fourth-order valence-electron chi connectivity index (χ4n) is 2.46.